The van der Waals surface area contributed by atoms with Crippen molar-refractivity contribution in [2.24, 2.45) is 0 Å². The molecule has 0 unspecified atom stereocenters. The van der Waals surface area contributed by atoms with Gasteiger partial charge in [-0.2, -0.15) is 0 Å². The minimum atomic E-state index is 0.575. The summed E-state index contributed by atoms with van der Waals surface area (Å²) in [4.78, 5) is 2.48. The summed E-state index contributed by atoms with van der Waals surface area (Å²) in [6, 6.07) is 8.73. The number of hydrogen-bond donors (Lipinski definition) is 1. The second-order valence-electron chi connectivity index (χ2n) is 4.62. The lowest BCUT2D eigenvalue weighted by Crippen LogP contribution is -2.31. The number of nitrogens with zero attached hydrogens (tertiary/aromatic N) is 1. The molecule has 2 nitrogen and oxygen atoms in total. The molecule has 0 aliphatic carbocycles. The summed E-state index contributed by atoms with van der Waals surface area (Å²) in [5.41, 5.74) is 8.12. The molecular weight excluding hydrogens is 196 g/mol. The molecular formula is C14H24N2. The fourth-order valence-corrected chi connectivity index (χ4v) is 1.78. The van der Waals surface area contributed by atoms with Crippen LogP contribution in [-0.2, 0) is 6.54 Å². The molecule has 0 aliphatic heterocycles. The van der Waals surface area contributed by atoms with Crippen LogP contribution in [0.3, 0.4) is 0 Å². The number of nitrogen functional groups attached to an aromatic ring is 1. The van der Waals surface area contributed by atoms with Crippen LogP contribution in [0.15, 0.2) is 24.3 Å². The first-order valence-electron chi connectivity index (χ1n) is 6.22. The summed E-state index contributed by atoms with van der Waals surface area (Å²) in [5, 5.41) is 0. The fraction of sp³-hybridized carbons (Fsp3) is 0.571. The Labute approximate surface area is 99.5 Å². The van der Waals surface area contributed by atoms with Crippen molar-refractivity contribution in [3.05, 3.63) is 29.8 Å². The number of benzene rings is 1. The van der Waals surface area contributed by atoms with Crippen LogP contribution in [0.4, 0.5) is 5.69 Å². The first-order chi connectivity index (χ1) is 7.65. The van der Waals surface area contributed by atoms with Crippen molar-refractivity contribution in [1.82, 2.24) is 4.90 Å². The summed E-state index contributed by atoms with van der Waals surface area (Å²) in [6.45, 7) is 8.84. The normalized spacial score (nSPS) is 11.3. The van der Waals surface area contributed by atoms with Crippen LogP contribution in [0, 0.1) is 0 Å². The standard InChI is InChI=1S/C14H24N2/c1-4-5-10-16(12(2)3)11-13-8-6-7-9-14(13)15/h6-9,12H,4-5,10-11,15H2,1-3H3. The van der Waals surface area contributed by atoms with Gasteiger partial charge in [0.05, 0.1) is 0 Å². The number of rotatable bonds is 6. The third-order valence-electron chi connectivity index (χ3n) is 2.96. The van der Waals surface area contributed by atoms with E-state index in [0.29, 0.717) is 6.04 Å². The Balaban J connectivity index is 2.64. The Bertz CT molecular complexity index is 307. The largest absolute Gasteiger partial charge is 0.398 e. The first-order valence-corrected chi connectivity index (χ1v) is 6.22. The van der Waals surface area contributed by atoms with Crippen molar-refractivity contribution in [3.8, 4) is 0 Å². The molecule has 16 heavy (non-hydrogen) atoms. The second kappa shape index (κ2) is 6.54. The number of unbranched alkanes of at least 4 members (excludes halogenated alkanes) is 1. The number of nitrogens with two attached hydrogens (primary N) is 1. The lowest BCUT2D eigenvalue weighted by molar-refractivity contribution is 0.210. The summed E-state index contributed by atoms with van der Waals surface area (Å²) >= 11 is 0. The molecule has 90 valence electrons. The molecule has 0 aliphatic rings. The highest BCUT2D eigenvalue weighted by Gasteiger charge is 2.10. The second-order valence-corrected chi connectivity index (χ2v) is 4.62. The lowest BCUT2D eigenvalue weighted by atomic mass is 10.1. The molecule has 0 radical (unpaired) electrons. The van der Waals surface area contributed by atoms with E-state index in [4.69, 9.17) is 5.73 Å². The molecule has 0 atom stereocenters. The predicted molar refractivity (Wildman–Crippen MR) is 71.3 cm³/mol. The van der Waals surface area contributed by atoms with E-state index in [1.54, 1.807) is 0 Å². The van der Waals surface area contributed by atoms with Crippen molar-refractivity contribution < 1.29 is 0 Å². The molecule has 1 aromatic carbocycles. The Hall–Kier alpha value is -1.02. The Kier molecular flexibility index (Phi) is 5.33. The van der Waals surface area contributed by atoms with Crippen LogP contribution in [0.5, 0.6) is 0 Å². The van der Waals surface area contributed by atoms with Crippen molar-refractivity contribution in [2.45, 2.75) is 46.2 Å². The summed E-state index contributed by atoms with van der Waals surface area (Å²) in [5.74, 6) is 0. The molecule has 0 aromatic heterocycles. The van der Waals surface area contributed by atoms with Crippen LogP contribution in [0.1, 0.15) is 39.2 Å². The van der Waals surface area contributed by atoms with Gasteiger partial charge in [0, 0.05) is 18.3 Å². The topological polar surface area (TPSA) is 29.3 Å². The molecule has 2 heteroatoms. The van der Waals surface area contributed by atoms with Crippen LogP contribution in [0.2, 0.25) is 0 Å². The minimum Gasteiger partial charge on any atom is -0.398 e. The average Bonchev–Trinajstić information content (AvgIpc) is 2.26. The van der Waals surface area contributed by atoms with Crippen LogP contribution < -0.4 is 5.73 Å². The predicted octanol–water partition coefficient (Wildman–Crippen LogP) is 3.28. The average molecular weight is 220 g/mol. The van der Waals surface area contributed by atoms with E-state index in [0.717, 1.165) is 18.8 Å². The highest BCUT2D eigenvalue weighted by molar-refractivity contribution is 5.46. The molecule has 0 spiro atoms. The van der Waals surface area contributed by atoms with E-state index in [-0.39, 0.29) is 0 Å². The molecule has 0 saturated carbocycles. The van der Waals surface area contributed by atoms with Crippen molar-refractivity contribution in [1.29, 1.82) is 0 Å². The fourth-order valence-electron chi connectivity index (χ4n) is 1.78. The Morgan fingerprint density at radius 1 is 1.25 bits per heavy atom. The Morgan fingerprint density at radius 3 is 2.50 bits per heavy atom. The van der Waals surface area contributed by atoms with Gasteiger partial charge in [-0.05, 0) is 38.4 Å². The molecule has 0 amide bonds. The van der Waals surface area contributed by atoms with Gasteiger partial charge in [-0.3, -0.25) is 4.90 Å². The van der Waals surface area contributed by atoms with Crippen LogP contribution in [0.25, 0.3) is 0 Å². The summed E-state index contributed by atoms with van der Waals surface area (Å²) < 4.78 is 0. The highest BCUT2D eigenvalue weighted by Crippen LogP contribution is 2.15. The van der Waals surface area contributed by atoms with E-state index in [2.05, 4.69) is 37.8 Å². The Morgan fingerprint density at radius 2 is 1.94 bits per heavy atom. The third kappa shape index (κ3) is 3.86. The van der Waals surface area contributed by atoms with Gasteiger partial charge in [0.15, 0.2) is 0 Å². The van der Waals surface area contributed by atoms with Crippen molar-refractivity contribution in [2.75, 3.05) is 12.3 Å². The number of hydrogen-bond acceptors (Lipinski definition) is 2. The molecule has 0 bridgehead atoms. The van der Waals surface area contributed by atoms with E-state index in [1.165, 1.54) is 18.4 Å². The maximum Gasteiger partial charge on any atom is 0.0359 e. The maximum atomic E-state index is 5.97. The van der Waals surface area contributed by atoms with Gasteiger partial charge in [0.25, 0.3) is 0 Å². The maximum absolute atomic E-state index is 5.97. The molecule has 0 heterocycles. The SMILES string of the molecule is CCCCN(Cc1ccccc1N)C(C)C. The van der Waals surface area contributed by atoms with Gasteiger partial charge in [-0.1, -0.05) is 31.5 Å². The van der Waals surface area contributed by atoms with Gasteiger partial charge >= 0.3 is 0 Å². The smallest absolute Gasteiger partial charge is 0.0359 e. The molecule has 0 saturated heterocycles. The minimum absolute atomic E-state index is 0.575. The van der Waals surface area contributed by atoms with E-state index >= 15 is 0 Å². The van der Waals surface area contributed by atoms with Gasteiger partial charge in [-0.15, -0.1) is 0 Å². The summed E-state index contributed by atoms with van der Waals surface area (Å²) in [6.07, 6.45) is 2.50. The van der Waals surface area contributed by atoms with Gasteiger partial charge < -0.3 is 5.73 Å². The van der Waals surface area contributed by atoms with Gasteiger partial charge in [0.1, 0.15) is 0 Å². The highest BCUT2D eigenvalue weighted by atomic mass is 15.1. The van der Waals surface area contributed by atoms with Gasteiger partial charge in [-0.25, -0.2) is 0 Å². The van der Waals surface area contributed by atoms with Crippen LogP contribution in [-0.4, -0.2) is 17.5 Å². The van der Waals surface area contributed by atoms with Crippen molar-refractivity contribution in [3.63, 3.8) is 0 Å². The molecule has 2 N–H and O–H groups in total. The first kappa shape index (κ1) is 13.0. The third-order valence-corrected chi connectivity index (χ3v) is 2.96. The number of anilines is 1. The summed E-state index contributed by atoms with van der Waals surface area (Å²) in [7, 11) is 0. The quantitative estimate of drug-likeness (QED) is 0.745. The molecule has 1 rings (SSSR count). The lowest BCUT2D eigenvalue weighted by Gasteiger charge is -2.26. The monoisotopic (exact) mass is 220 g/mol. The zero-order chi connectivity index (χ0) is 12.0. The molecule has 0 fully saturated rings. The zero-order valence-electron chi connectivity index (χ0n) is 10.7. The van der Waals surface area contributed by atoms with E-state index in [9.17, 15) is 0 Å². The van der Waals surface area contributed by atoms with Crippen molar-refractivity contribution >= 4 is 5.69 Å². The van der Waals surface area contributed by atoms with Crippen LogP contribution >= 0.6 is 0 Å². The van der Waals surface area contributed by atoms with E-state index in [1.807, 2.05) is 12.1 Å². The molecule has 1 aromatic rings. The number of para-hydroxylation sites is 1. The zero-order valence-corrected chi connectivity index (χ0v) is 10.7. The van der Waals surface area contributed by atoms with Gasteiger partial charge in [0.2, 0.25) is 0 Å². The van der Waals surface area contributed by atoms with E-state index < -0.39 is 0 Å².